The summed E-state index contributed by atoms with van der Waals surface area (Å²) in [6.07, 6.45) is 5.04. The zero-order valence-electron chi connectivity index (χ0n) is 23.5. The van der Waals surface area contributed by atoms with E-state index < -0.39 is 10.0 Å². The Bertz CT molecular complexity index is 1260. The van der Waals surface area contributed by atoms with Crippen molar-refractivity contribution in [3.63, 3.8) is 0 Å². The maximum atomic E-state index is 13.8. The SMILES string of the molecule is COc1cc(C)c(S(=O)(=O)N2CCCCC2COCC(=O)N2CCn3c(CN4CCCC4)ccc3C2)c(C)c1. The summed E-state index contributed by atoms with van der Waals surface area (Å²) in [6, 6.07) is 7.57. The fourth-order valence-electron chi connectivity index (χ4n) is 6.38. The number of carbonyl (C=O) groups excluding carboxylic acids is 1. The zero-order valence-corrected chi connectivity index (χ0v) is 24.3. The molecule has 1 atom stereocenters. The second kappa shape index (κ2) is 12.0. The normalized spacial score (nSPS) is 20.8. The second-order valence-electron chi connectivity index (χ2n) is 11.1. The Balaban J connectivity index is 1.18. The van der Waals surface area contributed by atoms with Gasteiger partial charge in [-0.05, 0) is 88.0 Å². The lowest BCUT2D eigenvalue weighted by molar-refractivity contribution is -0.138. The number of benzene rings is 1. The minimum absolute atomic E-state index is 0.0354. The minimum Gasteiger partial charge on any atom is -0.497 e. The van der Waals surface area contributed by atoms with E-state index in [1.807, 2.05) is 4.90 Å². The summed E-state index contributed by atoms with van der Waals surface area (Å²) in [4.78, 5) is 17.7. The molecule has 0 N–H and O–H groups in total. The lowest BCUT2D eigenvalue weighted by Crippen LogP contribution is -2.47. The average Bonchev–Trinajstić information content (AvgIpc) is 3.58. The number of piperidine rings is 1. The van der Waals surface area contributed by atoms with Crippen LogP contribution >= 0.6 is 0 Å². The number of likely N-dealkylation sites (tertiary alicyclic amines) is 1. The lowest BCUT2D eigenvalue weighted by atomic mass is 10.1. The van der Waals surface area contributed by atoms with Crippen LogP contribution in [0.1, 0.15) is 54.6 Å². The molecule has 214 valence electrons. The van der Waals surface area contributed by atoms with E-state index in [-0.39, 0.29) is 25.2 Å². The number of ether oxygens (including phenoxy) is 2. The maximum absolute atomic E-state index is 13.8. The van der Waals surface area contributed by atoms with E-state index in [1.54, 1.807) is 37.4 Å². The molecule has 3 aliphatic heterocycles. The summed E-state index contributed by atoms with van der Waals surface area (Å²) < 4.78 is 42.7. The van der Waals surface area contributed by atoms with E-state index in [0.29, 0.717) is 41.4 Å². The van der Waals surface area contributed by atoms with Gasteiger partial charge in [0.1, 0.15) is 12.4 Å². The molecule has 2 saturated heterocycles. The number of amides is 1. The van der Waals surface area contributed by atoms with Crippen LogP contribution in [0.5, 0.6) is 5.75 Å². The first-order valence-corrected chi connectivity index (χ1v) is 15.6. The fourth-order valence-corrected chi connectivity index (χ4v) is 8.48. The van der Waals surface area contributed by atoms with Gasteiger partial charge in [-0.15, -0.1) is 0 Å². The van der Waals surface area contributed by atoms with Gasteiger partial charge >= 0.3 is 0 Å². The van der Waals surface area contributed by atoms with Crippen LogP contribution in [-0.4, -0.2) is 85.5 Å². The monoisotopic (exact) mass is 558 g/mol. The number of carbonyl (C=O) groups is 1. The van der Waals surface area contributed by atoms with Crippen LogP contribution in [-0.2, 0) is 39.2 Å². The van der Waals surface area contributed by atoms with Crippen molar-refractivity contribution in [1.29, 1.82) is 0 Å². The molecule has 2 fully saturated rings. The molecule has 0 spiro atoms. The number of aryl methyl sites for hydroxylation is 2. The van der Waals surface area contributed by atoms with E-state index >= 15 is 0 Å². The van der Waals surface area contributed by atoms with Crippen LogP contribution in [0.15, 0.2) is 29.2 Å². The van der Waals surface area contributed by atoms with Gasteiger partial charge in [-0.25, -0.2) is 8.42 Å². The predicted octanol–water partition coefficient (Wildman–Crippen LogP) is 3.31. The van der Waals surface area contributed by atoms with Gasteiger partial charge in [-0.3, -0.25) is 9.69 Å². The number of hydrogen-bond donors (Lipinski definition) is 0. The van der Waals surface area contributed by atoms with Crippen LogP contribution in [0, 0.1) is 13.8 Å². The Morgan fingerprint density at radius 3 is 2.41 bits per heavy atom. The number of aromatic nitrogens is 1. The molecule has 0 bridgehead atoms. The molecule has 2 aromatic rings. The molecule has 1 unspecified atom stereocenters. The van der Waals surface area contributed by atoms with E-state index in [0.717, 1.165) is 32.4 Å². The molecule has 0 saturated carbocycles. The Morgan fingerprint density at radius 2 is 1.69 bits per heavy atom. The van der Waals surface area contributed by atoms with Crippen LogP contribution in [0.2, 0.25) is 0 Å². The van der Waals surface area contributed by atoms with Crippen LogP contribution in [0.3, 0.4) is 0 Å². The first kappa shape index (κ1) is 28.1. The molecule has 10 heteroatoms. The Hall–Kier alpha value is -2.40. The van der Waals surface area contributed by atoms with Gasteiger partial charge in [0.15, 0.2) is 0 Å². The number of rotatable bonds is 9. The Morgan fingerprint density at radius 1 is 0.974 bits per heavy atom. The summed E-state index contributed by atoms with van der Waals surface area (Å²) in [6.45, 7) is 9.61. The molecular weight excluding hydrogens is 516 g/mol. The smallest absolute Gasteiger partial charge is 0.248 e. The van der Waals surface area contributed by atoms with Crippen LogP contribution < -0.4 is 4.74 Å². The third-order valence-electron chi connectivity index (χ3n) is 8.39. The number of nitrogens with zero attached hydrogens (tertiary/aromatic N) is 4. The lowest BCUT2D eigenvalue weighted by Gasteiger charge is -2.35. The number of fused-ring (bicyclic) bond motifs is 1. The first-order chi connectivity index (χ1) is 18.8. The van der Waals surface area contributed by atoms with Crippen molar-refractivity contribution >= 4 is 15.9 Å². The maximum Gasteiger partial charge on any atom is 0.248 e. The topological polar surface area (TPSA) is 84.3 Å². The second-order valence-corrected chi connectivity index (χ2v) is 13.0. The van der Waals surface area contributed by atoms with E-state index in [4.69, 9.17) is 9.47 Å². The fraction of sp³-hybridized carbons (Fsp3) is 0.621. The highest BCUT2D eigenvalue weighted by Gasteiger charge is 2.36. The molecular formula is C29H42N4O5S. The number of hydrogen-bond acceptors (Lipinski definition) is 6. The molecule has 1 amide bonds. The van der Waals surface area contributed by atoms with Gasteiger partial charge in [0.2, 0.25) is 15.9 Å². The van der Waals surface area contributed by atoms with E-state index in [2.05, 4.69) is 21.6 Å². The van der Waals surface area contributed by atoms with E-state index in [9.17, 15) is 13.2 Å². The summed E-state index contributed by atoms with van der Waals surface area (Å²) in [5, 5.41) is 0. The highest BCUT2D eigenvalue weighted by Crippen LogP contribution is 2.32. The summed E-state index contributed by atoms with van der Waals surface area (Å²) in [5.41, 5.74) is 3.84. The molecule has 5 rings (SSSR count). The zero-order chi connectivity index (χ0) is 27.6. The van der Waals surface area contributed by atoms with Gasteiger partial charge in [-0.2, -0.15) is 4.31 Å². The predicted molar refractivity (Wildman–Crippen MR) is 149 cm³/mol. The molecule has 4 heterocycles. The van der Waals surface area contributed by atoms with Gasteiger partial charge in [-0.1, -0.05) is 6.42 Å². The molecule has 39 heavy (non-hydrogen) atoms. The molecule has 3 aliphatic rings. The summed E-state index contributed by atoms with van der Waals surface area (Å²) in [5.74, 6) is 0.601. The summed E-state index contributed by atoms with van der Waals surface area (Å²) >= 11 is 0. The Kier molecular flexibility index (Phi) is 8.66. The van der Waals surface area contributed by atoms with E-state index in [1.165, 1.54) is 37.3 Å². The van der Waals surface area contributed by atoms with Crippen molar-refractivity contribution in [1.82, 2.24) is 18.7 Å². The van der Waals surface area contributed by atoms with Gasteiger partial charge < -0.3 is 18.9 Å². The van der Waals surface area contributed by atoms with Gasteiger partial charge in [0.25, 0.3) is 0 Å². The molecule has 9 nitrogen and oxygen atoms in total. The highest BCUT2D eigenvalue weighted by atomic mass is 32.2. The van der Waals surface area contributed by atoms with Crippen LogP contribution in [0.25, 0.3) is 0 Å². The summed E-state index contributed by atoms with van der Waals surface area (Å²) in [7, 11) is -2.13. The van der Waals surface area contributed by atoms with Gasteiger partial charge in [0.05, 0.1) is 25.2 Å². The van der Waals surface area contributed by atoms with Crippen molar-refractivity contribution in [2.45, 2.75) is 76.5 Å². The Labute approximate surface area is 232 Å². The van der Waals surface area contributed by atoms with Crippen molar-refractivity contribution < 1.29 is 22.7 Å². The van der Waals surface area contributed by atoms with Crippen LogP contribution in [0.4, 0.5) is 0 Å². The highest BCUT2D eigenvalue weighted by molar-refractivity contribution is 7.89. The third-order valence-corrected chi connectivity index (χ3v) is 10.6. The average molecular weight is 559 g/mol. The number of methoxy groups -OCH3 is 1. The third kappa shape index (κ3) is 6.04. The minimum atomic E-state index is -3.71. The molecule has 1 aromatic heterocycles. The quantitative estimate of drug-likeness (QED) is 0.470. The largest absolute Gasteiger partial charge is 0.497 e. The molecule has 1 aromatic carbocycles. The van der Waals surface area contributed by atoms with Crippen molar-refractivity contribution in [2.24, 2.45) is 0 Å². The van der Waals surface area contributed by atoms with Gasteiger partial charge in [0, 0.05) is 43.6 Å². The number of sulfonamides is 1. The van der Waals surface area contributed by atoms with Crippen molar-refractivity contribution in [2.75, 3.05) is 46.5 Å². The van der Waals surface area contributed by atoms with Crippen molar-refractivity contribution in [3.05, 3.63) is 46.8 Å². The van der Waals surface area contributed by atoms with Crippen molar-refractivity contribution in [3.8, 4) is 5.75 Å². The molecule has 0 radical (unpaired) electrons. The molecule has 0 aliphatic carbocycles. The standard InChI is InChI=1S/C29H42N4O5S/c1-22-16-27(37-3)17-23(2)29(22)39(35,36)33-13-5-4-8-26(33)20-38-21-28(34)31-14-15-32-24(9-10-25(32)19-31)18-30-11-6-7-12-30/h9-10,16-17,26H,4-8,11-15,18-21H2,1-3H3. The first-order valence-electron chi connectivity index (χ1n) is 14.2.